The molecule has 0 heterocycles. The topological polar surface area (TPSA) is 75.6 Å². The maximum atomic E-state index is 12.2. The molecule has 0 radical (unpaired) electrons. The van der Waals surface area contributed by atoms with Crippen molar-refractivity contribution >= 4 is 17.7 Å². The first-order valence-corrected chi connectivity index (χ1v) is 8.59. The molecule has 1 aliphatic carbocycles. The van der Waals surface area contributed by atoms with E-state index in [1.807, 2.05) is 36.4 Å². The van der Waals surface area contributed by atoms with Gasteiger partial charge in [0.15, 0.2) is 0 Å². The van der Waals surface area contributed by atoms with Crippen molar-refractivity contribution in [1.29, 1.82) is 0 Å². The number of carbonyl (C=O) groups is 2. The summed E-state index contributed by atoms with van der Waals surface area (Å²) in [6.45, 7) is 0.176. The number of nitrogens with one attached hydrogen (secondary N) is 1. The lowest BCUT2D eigenvalue weighted by Gasteiger charge is -2.15. The number of benzene rings is 3. The van der Waals surface area contributed by atoms with Gasteiger partial charge in [0, 0.05) is 5.92 Å². The predicted octanol–water partition coefficient (Wildman–Crippen LogP) is 5.38. The molecule has 5 nitrogen and oxygen atoms in total. The molecule has 0 atom stereocenters. The lowest BCUT2D eigenvalue weighted by atomic mass is 9.98. The van der Waals surface area contributed by atoms with Crippen molar-refractivity contribution in [1.82, 2.24) is 0 Å². The lowest BCUT2D eigenvalue weighted by Crippen LogP contribution is -2.19. The van der Waals surface area contributed by atoms with Crippen LogP contribution in [0.5, 0.6) is 0 Å². The van der Waals surface area contributed by atoms with Crippen molar-refractivity contribution < 1.29 is 19.4 Å². The minimum atomic E-state index is -1.11. The first kappa shape index (κ1) is 19.2. The highest BCUT2D eigenvalue weighted by atomic mass is 16.5. The summed E-state index contributed by atoms with van der Waals surface area (Å²) in [4.78, 5) is 23.5. The smallest absolute Gasteiger partial charge is 0.411 e. The van der Waals surface area contributed by atoms with Crippen LogP contribution in [0.15, 0.2) is 72.8 Å². The van der Waals surface area contributed by atoms with E-state index in [1.54, 1.807) is 12.1 Å². The number of amides is 1. The number of fused-ring (bicyclic) bond motifs is 3. The molecule has 3 aromatic rings. The van der Waals surface area contributed by atoms with Crippen LogP contribution in [-0.2, 0) is 4.74 Å². The highest BCUT2D eigenvalue weighted by Gasteiger charge is 2.29. The van der Waals surface area contributed by atoms with Crippen molar-refractivity contribution in [2.75, 3.05) is 11.9 Å². The van der Waals surface area contributed by atoms with Crippen LogP contribution < -0.4 is 5.32 Å². The van der Waals surface area contributed by atoms with E-state index in [4.69, 9.17) is 4.74 Å². The lowest BCUT2D eigenvalue weighted by molar-refractivity contribution is 0.0698. The van der Waals surface area contributed by atoms with Gasteiger partial charge >= 0.3 is 12.1 Å². The largest absolute Gasteiger partial charge is 0.478 e. The van der Waals surface area contributed by atoms with Gasteiger partial charge < -0.3 is 9.84 Å². The van der Waals surface area contributed by atoms with Gasteiger partial charge in [-0.15, -0.1) is 0 Å². The van der Waals surface area contributed by atoms with Gasteiger partial charge in [-0.3, -0.25) is 5.32 Å². The van der Waals surface area contributed by atoms with Gasteiger partial charge in [-0.1, -0.05) is 68.1 Å². The van der Waals surface area contributed by atoms with Crippen LogP contribution in [0.3, 0.4) is 0 Å². The van der Waals surface area contributed by atoms with Crippen LogP contribution in [0.1, 0.15) is 34.8 Å². The summed E-state index contributed by atoms with van der Waals surface area (Å²) >= 11 is 0. The quantitative estimate of drug-likeness (QED) is 0.642. The van der Waals surface area contributed by atoms with Gasteiger partial charge in [-0.25, -0.2) is 9.59 Å². The molecule has 1 aliphatic rings. The van der Waals surface area contributed by atoms with Crippen LogP contribution in [-0.4, -0.2) is 23.8 Å². The third kappa shape index (κ3) is 3.47. The third-order valence-electron chi connectivity index (χ3n) is 4.74. The fraction of sp³-hybridized carbons (Fsp3) is 0.130. The molecule has 2 N–H and O–H groups in total. The second kappa shape index (κ2) is 7.96. The summed E-state index contributed by atoms with van der Waals surface area (Å²) in [6.07, 6.45) is -0.675. The molecule has 5 heteroatoms. The van der Waals surface area contributed by atoms with Crippen LogP contribution >= 0.6 is 0 Å². The summed E-state index contributed by atoms with van der Waals surface area (Å²) in [5, 5.41) is 11.7. The Morgan fingerprint density at radius 3 is 2.00 bits per heavy atom. The van der Waals surface area contributed by atoms with Crippen LogP contribution in [0.4, 0.5) is 10.5 Å². The predicted molar refractivity (Wildman–Crippen MR) is 109 cm³/mol. The van der Waals surface area contributed by atoms with E-state index < -0.39 is 12.1 Å². The summed E-state index contributed by atoms with van der Waals surface area (Å²) in [6, 6.07) is 22.4. The number of aromatic carboxylic acids is 1. The van der Waals surface area contributed by atoms with Gasteiger partial charge in [0.2, 0.25) is 0 Å². The molecule has 28 heavy (non-hydrogen) atoms. The Hall–Kier alpha value is -3.60. The molecule has 0 saturated heterocycles. The average molecular weight is 375 g/mol. The van der Waals surface area contributed by atoms with E-state index in [2.05, 4.69) is 17.4 Å². The zero-order valence-electron chi connectivity index (χ0n) is 14.4. The fourth-order valence-electron chi connectivity index (χ4n) is 3.52. The molecule has 0 aromatic heterocycles. The van der Waals surface area contributed by atoms with Crippen molar-refractivity contribution in [2.45, 2.75) is 13.3 Å². The van der Waals surface area contributed by atoms with Gasteiger partial charge in [0.05, 0.1) is 11.3 Å². The molecule has 0 unspecified atom stereocenters. The maximum absolute atomic E-state index is 12.2. The minimum absolute atomic E-state index is 0. The zero-order chi connectivity index (χ0) is 18.8. The van der Waals surface area contributed by atoms with Crippen LogP contribution in [0, 0.1) is 0 Å². The standard InChI is InChI=1S/C22H17NO4.CH4/c24-21(25)18-11-5-6-12-20(18)23-22(26)27-13-19-16-9-3-1-7-14(16)15-8-2-4-10-17(15)19;/h1-12,19H,13H2,(H,23,26)(H,24,25);1H4. The van der Waals surface area contributed by atoms with Crippen LogP contribution in [0.25, 0.3) is 11.1 Å². The van der Waals surface area contributed by atoms with Gasteiger partial charge in [-0.2, -0.15) is 0 Å². The number of hydrogen-bond acceptors (Lipinski definition) is 3. The Bertz CT molecular complexity index is 983. The molecule has 3 aromatic carbocycles. The summed E-state index contributed by atoms with van der Waals surface area (Å²) in [5.74, 6) is -1.15. The SMILES string of the molecule is C.O=C(Nc1ccccc1C(=O)O)OCC1c2ccccc2-c2ccccc21. The van der Waals surface area contributed by atoms with E-state index in [0.717, 1.165) is 22.3 Å². The van der Waals surface area contributed by atoms with E-state index in [9.17, 15) is 14.7 Å². The highest BCUT2D eigenvalue weighted by Crippen LogP contribution is 2.44. The molecule has 0 saturated carbocycles. The monoisotopic (exact) mass is 375 g/mol. The van der Waals surface area contributed by atoms with E-state index in [0.29, 0.717) is 0 Å². The van der Waals surface area contributed by atoms with E-state index in [1.165, 1.54) is 12.1 Å². The van der Waals surface area contributed by atoms with Crippen LogP contribution in [0.2, 0.25) is 0 Å². The summed E-state index contributed by atoms with van der Waals surface area (Å²) < 4.78 is 5.44. The van der Waals surface area contributed by atoms with Gasteiger partial charge in [0.1, 0.15) is 6.61 Å². The summed E-state index contributed by atoms with van der Waals surface area (Å²) in [7, 11) is 0. The second-order valence-corrected chi connectivity index (χ2v) is 6.30. The molecular weight excluding hydrogens is 354 g/mol. The molecule has 4 rings (SSSR count). The van der Waals surface area contributed by atoms with Crippen molar-refractivity contribution in [3.63, 3.8) is 0 Å². The number of para-hydroxylation sites is 1. The van der Waals surface area contributed by atoms with Crippen molar-refractivity contribution in [3.05, 3.63) is 89.5 Å². The number of carbonyl (C=O) groups excluding carboxylic acids is 1. The number of rotatable bonds is 4. The fourth-order valence-corrected chi connectivity index (χ4v) is 3.52. The Kier molecular flexibility index (Phi) is 5.45. The molecule has 1 amide bonds. The van der Waals surface area contributed by atoms with Crippen molar-refractivity contribution in [3.8, 4) is 11.1 Å². The first-order chi connectivity index (χ1) is 13.1. The van der Waals surface area contributed by atoms with Crippen molar-refractivity contribution in [2.24, 2.45) is 0 Å². The molecule has 142 valence electrons. The Morgan fingerprint density at radius 2 is 1.39 bits per heavy atom. The zero-order valence-corrected chi connectivity index (χ0v) is 14.4. The van der Waals surface area contributed by atoms with E-state index >= 15 is 0 Å². The Balaban J connectivity index is 0.00000225. The van der Waals surface area contributed by atoms with Gasteiger partial charge in [-0.05, 0) is 34.4 Å². The minimum Gasteiger partial charge on any atom is -0.478 e. The number of anilines is 1. The second-order valence-electron chi connectivity index (χ2n) is 6.30. The summed E-state index contributed by atoms with van der Waals surface area (Å²) in [5.41, 5.74) is 4.78. The average Bonchev–Trinajstić information content (AvgIpc) is 3.00. The molecule has 0 bridgehead atoms. The van der Waals surface area contributed by atoms with E-state index in [-0.39, 0.29) is 31.2 Å². The Labute approximate surface area is 163 Å². The van der Waals surface area contributed by atoms with Gasteiger partial charge in [0.25, 0.3) is 0 Å². The molecular formula is C23H21NO4. The highest BCUT2D eigenvalue weighted by molar-refractivity contribution is 5.98. The number of ether oxygens (including phenoxy) is 1. The normalized spacial score (nSPS) is 11.7. The molecule has 0 fully saturated rings. The number of carboxylic acids is 1. The number of carboxylic acid groups (broad SMARTS) is 1. The molecule has 0 spiro atoms. The Morgan fingerprint density at radius 1 is 0.857 bits per heavy atom. The first-order valence-electron chi connectivity index (χ1n) is 8.59. The molecule has 0 aliphatic heterocycles. The maximum Gasteiger partial charge on any atom is 0.411 e. The third-order valence-corrected chi connectivity index (χ3v) is 4.74. The number of hydrogen-bond donors (Lipinski definition) is 2.